The molecule has 5 nitrogen and oxygen atoms in total. The molecule has 1 N–H and O–H groups in total. The van der Waals surface area contributed by atoms with Crippen LogP contribution in [0.3, 0.4) is 0 Å². The third-order valence-electron chi connectivity index (χ3n) is 6.03. The van der Waals surface area contributed by atoms with Crippen LogP contribution >= 0.6 is 0 Å². The number of amides is 1. The number of halogens is 1. The van der Waals surface area contributed by atoms with Crippen LogP contribution in [-0.2, 0) is 11.3 Å². The summed E-state index contributed by atoms with van der Waals surface area (Å²) in [5.74, 6) is 1.07. The van der Waals surface area contributed by atoms with Crippen LogP contribution in [0.5, 0.6) is 0 Å². The molecule has 150 valence electrons. The number of nitrogens with one attached hydrogen (secondary N) is 1. The quantitative estimate of drug-likeness (QED) is 0.843. The van der Waals surface area contributed by atoms with Crippen molar-refractivity contribution in [2.75, 3.05) is 13.1 Å². The third kappa shape index (κ3) is 4.27. The van der Waals surface area contributed by atoms with Crippen molar-refractivity contribution in [3.05, 3.63) is 41.5 Å². The SMILES string of the molecule is Cc1oc(-c2ccccc2F)nc1CN1CCC(C(=O)NC2CCCC2)CC1. The van der Waals surface area contributed by atoms with Crippen LogP contribution in [0.2, 0.25) is 0 Å². The summed E-state index contributed by atoms with van der Waals surface area (Å²) in [5, 5.41) is 3.23. The Kier molecular flexibility index (Phi) is 5.76. The number of hydrogen-bond acceptors (Lipinski definition) is 4. The Morgan fingerprint density at radius 2 is 1.93 bits per heavy atom. The van der Waals surface area contributed by atoms with E-state index in [0.717, 1.165) is 50.2 Å². The summed E-state index contributed by atoms with van der Waals surface area (Å²) in [6.07, 6.45) is 6.45. The second-order valence-electron chi connectivity index (χ2n) is 8.04. The van der Waals surface area contributed by atoms with Gasteiger partial charge in [-0.1, -0.05) is 25.0 Å². The highest BCUT2D eigenvalue weighted by Gasteiger charge is 2.28. The summed E-state index contributed by atoms with van der Waals surface area (Å²) >= 11 is 0. The van der Waals surface area contributed by atoms with Gasteiger partial charge in [-0.25, -0.2) is 9.37 Å². The minimum Gasteiger partial charge on any atom is -0.441 e. The molecule has 1 aromatic carbocycles. The van der Waals surface area contributed by atoms with Crippen molar-refractivity contribution in [3.8, 4) is 11.5 Å². The molecule has 1 aromatic heterocycles. The summed E-state index contributed by atoms with van der Waals surface area (Å²) in [4.78, 5) is 19.3. The van der Waals surface area contributed by atoms with Crippen LogP contribution in [0.25, 0.3) is 11.5 Å². The lowest BCUT2D eigenvalue weighted by Gasteiger charge is -2.31. The highest BCUT2D eigenvalue weighted by Crippen LogP contribution is 2.26. The Bertz CT molecular complexity index is 821. The summed E-state index contributed by atoms with van der Waals surface area (Å²) in [7, 11) is 0. The van der Waals surface area contributed by atoms with E-state index in [1.807, 2.05) is 6.92 Å². The molecule has 1 saturated carbocycles. The van der Waals surface area contributed by atoms with Gasteiger partial charge in [-0.3, -0.25) is 9.69 Å². The van der Waals surface area contributed by atoms with Crippen LogP contribution in [-0.4, -0.2) is 34.9 Å². The number of carbonyl (C=O) groups excluding carboxylic acids is 1. The fraction of sp³-hybridized carbons (Fsp3) is 0.545. The normalized spacial score (nSPS) is 19.2. The molecule has 0 unspecified atom stereocenters. The van der Waals surface area contributed by atoms with Gasteiger partial charge < -0.3 is 9.73 Å². The zero-order chi connectivity index (χ0) is 19.5. The number of aryl methyl sites for hydroxylation is 1. The molecule has 2 aromatic rings. The van der Waals surface area contributed by atoms with Crippen molar-refractivity contribution in [3.63, 3.8) is 0 Å². The molecule has 0 atom stereocenters. The molecule has 4 rings (SSSR count). The second-order valence-corrected chi connectivity index (χ2v) is 8.04. The maximum Gasteiger partial charge on any atom is 0.229 e. The van der Waals surface area contributed by atoms with Crippen molar-refractivity contribution in [2.45, 2.75) is 58.0 Å². The first-order valence-corrected chi connectivity index (χ1v) is 10.3. The molecule has 0 radical (unpaired) electrons. The number of piperidine rings is 1. The smallest absolute Gasteiger partial charge is 0.229 e. The first kappa shape index (κ1) is 19.1. The fourth-order valence-corrected chi connectivity index (χ4v) is 4.28. The highest BCUT2D eigenvalue weighted by atomic mass is 19.1. The Hall–Kier alpha value is -2.21. The van der Waals surface area contributed by atoms with E-state index in [1.165, 1.54) is 18.9 Å². The number of hydrogen-bond donors (Lipinski definition) is 1. The number of nitrogens with zero attached hydrogens (tertiary/aromatic N) is 2. The van der Waals surface area contributed by atoms with E-state index in [-0.39, 0.29) is 17.6 Å². The lowest BCUT2D eigenvalue weighted by atomic mass is 9.95. The van der Waals surface area contributed by atoms with Crippen LogP contribution in [0, 0.1) is 18.7 Å². The number of benzene rings is 1. The fourth-order valence-electron chi connectivity index (χ4n) is 4.28. The molecule has 1 aliphatic heterocycles. The van der Waals surface area contributed by atoms with Gasteiger partial charge in [0.2, 0.25) is 11.8 Å². The molecule has 1 aliphatic carbocycles. The van der Waals surface area contributed by atoms with E-state index >= 15 is 0 Å². The predicted octanol–water partition coefficient (Wildman–Crippen LogP) is 4.06. The summed E-state index contributed by atoms with van der Waals surface area (Å²) in [6.45, 7) is 4.27. The minimum atomic E-state index is -0.329. The third-order valence-corrected chi connectivity index (χ3v) is 6.03. The summed E-state index contributed by atoms with van der Waals surface area (Å²) in [6, 6.07) is 6.91. The molecule has 6 heteroatoms. The monoisotopic (exact) mass is 385 g/mol. The van der Waals surface area contributed by atoms with Crippen molar-refractivity contribution < 1.29 is 13.6 Å². The van der Waals surface area contributed by atoms with Gasteiger partial charge in [0.1, 0.15) is 11.6 Å². The molecule has 1 saturated heterocycles. The van der Waals surface area contributed by atoms with E-state index in [4.69, 9.17) is 4.42 Å². The molecular weight excluding hydrogens is 357 g/mol. The van der Waals surface area contributed by atoms with Gasteiger partial charge >= 0.3 is 0 Å². The van der Waals surface area contributed by atoms with Gasteiger partial charge in [-0.05, 0) is 57.8 Å². The van der Waals surface area contributed by atoms with Crippen molar-refractivity contribution >= 4 is 5.91 Å². The molecule has 0 spiro atoms. The number of likely N-dealkylation sites (tertiary alicyclic amines) is 1. The largest absolute Gasteiger partial charge is 0.441 e. The summed E-state index contributed by atoms with van der Waals surface area (Å²) in [5.41, 5.74) is 1.23. The van der Waals surface area contributed by atoms with E-state index in [0.29, 0.717) is 24.0 Å². The van der Waals surface area contributed by atoms with Crippen LogP contribution < -0.4 is 5.32 Å². The lowest BCUT2D eigenvalue weighted by Crippen LogP contribution is -2.43. The van der Waals surface area contributed by atoms with Crippen LogP contribution in [0.15, 0.2) is 28.7 Å². The first-order valence-electron chi connectivity index (χ1n) is 10.3. The van der Waals surface area contributed by atoms with Crippen molar-refractivity contribution in [1.29, 1.82) is 0 Å². The molecule has 1 amide bonds. The Labute approximate surface area is 165 Å². The lowest BCUT2D eigenvalue weighted by molar-refractivity contribution is -0.127. The highest BCUT2D eigenvalue weighted by molar-refractivity contribution is 5.79. The predicted molar refractivity (Wildman–Crippen MR) is 105 cm³/mol. The van der Waals surface area contributed by atoms with Crippen LogP contribution in [0.1, 0.15) is 50.0 Å². The molecule has 2 aliphatic rings. The van der Waals surface area contributed by atoms with Crippen molar-refractivity contribution in [1.82, 2.24) is 15.2 Å². The Balaban J connectivity index is 1.32. The van der Waals surface area contributed by atoms with Gasteiger partial charge in [0.05, 0.1) is 11.3 Å². The zero-order valence-corrected chi connectivity index (χ0v) is 16.4. The van der Waals surface area contributed by atoms with E-state index in [9.17, 15) is 9.18 Å². The number of oxazole rings is 1. The maximum absolute atomic E-state index is 14.0. The molecule has 2 heterocycles. The van der Waals surface area contributed by atoms with Gasteiger partial charge in [-0.2, -0.15) is 0 Å². The molecule has 2 fully saturated rings. The number of carbonyl (C=O) groups is 1. The standard InChI is InChI=1S/C22H28FN3O2/c1-15-20(25-22(28-15)18-8-4-5-9-19(18)23)14-26-12-10-16(11-13-26)21(27)24-17-6-2-3-7-17/h4-5,8-9,16-17H,2-3,6-7,10-14H2,1H3,(H,24,27). The van der Waals surface area contributed by atoms with Gasteiger partial charge in [-0.15, -0.1) is 0 Å². The molecule has 28 heavy (non-hydrogen) atoms. The average molecular weight is 385 g/mol. The van der Waals surface area contributed by atoms with Gasteiger partial charge in [0.25, 0.3) is 0 Å². The summed E-state index contributed by atoms with van der Waals surface area (Å²) < 4.78 is 19.7. The first-order chi connectivity index (χ1) is 13.6. The minimum absolute atomic E-state index is 0.115. The zero-order valence-electron chi connectivity index (χ0n) is 16.4. The van der Waals surface area contributed by atoms with Crippen LogP contribution in [0.4, 0.5) is 4.39 Å². The second kappa shape index (κ2) is 8.43. The Morgan fingerprint density at radius 3 is 2.64 bits per heavy atom. The van der Waals surface area contributed by atoms with Crippen molar-refractivity contribution in [2.24, 2.45) is 5.92 Å². The average Bonchev–Trinajstić information content (AvgIpc) is 3.33. The van der Waals surface area contributed by atoms with E-state index in [1.54, 1.807) is 18.2 Å². The van der Waals surface area contributed by atoms with Gasteiger partial charge in [0, 0.05) is 18.5 Å². The van der Waals surface area contributed by atoms with Gasteiger partial charge in [0.15, 0.2) is 0 Å². The maximum atomic E-state index is 14.0. The van der Waals surface area contributed by atoms with E-state index in [2.05, 4.69) is 15.2 Å². The number of rotatable bonds is 5. The molecule has 0 bridgehead atoms. The number of aromatic nitrogens is 1. The topological polar surface area (TPSA) is 58.4 Å². The Morgan fingerprint density at radius 1 is 1.21 bits per heavy atom. The molecular formula is C22H28FN3O2. The van der Waals surface area contributed by atoms with E-state index < -0.39 is 0 Å².